The number of amides is 1. The number of rotatable bonds is 33. The molecule has 0 aromatic carbocycles. The summed E-state index contributed by atoms with van der Waals surface area (Å²) in [5, 5.41) is 11.0. The number of carboxylic acid groups (broad SMARTS) is 1. The molecule has 1 atom stereocenters. The first-order valence-electron chi connectivity index (χ1n) is 18.8. The Kier molecular flexibility index (Phi) is 33.2. The van der Waals surface area contributed by atoms with Crippen molar-refractivity contribution >= 4 is 17.8 Å². The molecule has 2 N–H and O–H groups in total. The van der Waals surface area contributed by atoms with Crippen LogP contribution in [0.15, 0.2) is 48.6 Å². The van der Waals surface area contributed by atoms with Crippen LogP contribution in [-0.2, 0) is 19.1 Å². The first-order chi connectivity index (χ1) is 22.5. The van der Waals surface area contributed by atoms with Gasteiger partial charge in [0, 0.05) is 12.8 Å². The average Bonchev–Trinajstić information content (AvgIpc) is 3.04. The maximum Gasteiger partial charge on any atom is 0.322 e. The minimum absolute atomic E-state index is 0.0471. The number of esters is 1. The van der Waals surface area contributed by atoms with Gasteiger partial charge < -0.3 is 15.2 Å². The summed E-state index contributed by atoms with van der Waals surface area (Å²) < 4.78 is 5.95. The Labute approximate surface area is 282 Å². The van der Waals surface area contributed by atoms with Crippen molar-refractivity contribution in [3.63, 3.8) is 0 Å². The van der Waals surface area contributed by atoms with E-state index in [1.807, 2.05) is 0 Å². The van der Waals surface area contributed by atoms with E-state index in [2.05, 4.69) is 67.8 Å². The van der Waals surface area contributed by atoms with Crippen LogP contribution in [-0.4, -0.2) is 35.6 Å². The number of hydrogen-bond donors (Lipinski definition) is 2. The second-order valence-corrected chi connectivity index (χ2v) is 12.5. The minimum Gasteiger partial charge on any atom is -0.480 e. The topological polar surface area (TPSA) is 92.7 Å². The monoisotopic (exact) mass is 644 g/mol. The summed E-state index contributed by atoms with van der Waals surface area (Å²) in [6, 6.07) is 0. The Bertz CT molecular complexity index is 845. The highest BCUT2D eigenvalue weighted by molar-refractivity contribution is 5.80. The van der Waals surface area contributed by atoms with Gasteiger partial charge in [-0.3, -0.25) is 14.4 Å². The second kappa shape index (κ2) is 35.2. The fourth-order valence-corrected chi connectivity index (χ4v) is 5.27. The van der Waals surface area contributed by atoms with Crippen molar-refractivity contribution in [2.24, 2.45) is 0 Å². The molecule has 0 aromatic heterocycles. The van der Waals surface area contributed by atoms with Crippen molar-refractivity contribution in [2.45, 2.75) is 180 Å². The van der Waals surface area contributed by atoms with Crippen LogP contribution in [0.2, 0.25) is 0 Å². The van der Waals surface area contributed by atoms with Gasteiger partial charge in [-0.1, -0.05) is 146 Å². The standard InChI is InChI=1S/C40H69NO5/c1-3-5-7-9-11-13-15-16-18-19-21-24-28-32-37(33-29-25-23-26-30-34-38(42)41-36-39(43)44)46-40(45)35-31-27-22-20-17-14-12-10-8-6-4-2/h5,7,11,13,16,18,21,24,37H,3-4,6,8-10,12,14-15,17,19-20,22-23,25-36H2,1-2H3,(H,41,42)(H,43,44)/b7-5-,13-11-,18-16-,24-21-. The SMILES string of the molecule is CC/C=C\C/C=C\C/C=C\C/C=C\CCC(CCCCCCCC(=O)NCC(=O)O)OC(=O)CCCCCCCCCCCCC. The first kappa shape index (κ1) is 43.4. The quantitative estimate of drug-likeness (QED) is 0.0422. The summed E-state index contributed by atoms with van der Waals surface area (Å²) in [4.78, 5) is 34.8. The predicted octanol–water partition coefficient (Wildman–Crippen LogP) is 11.1. The molecule has 0 saturated carbocycles. The molecule has 0 aliphatic rings. The molecule has 0 radical (unpaired) electrons. The first-order valence-corrected chi connectivity index (χ1v) is 18.8. The van der Waals surface area contributed by atoms with E-state index in [4.69, 9.17) is 9.84 Å². The number of hydrogen-bond acceptors (Lipinski definition) is 4. The molecule has 0 rings (SSSR count). The van der Waals surface area contributed by atoms with E-state index in [1.54, 1.807) is 0 Å². The van der Waals surface area contributed by atoms with Gasteiger partial charge in [0.1, 0.15) is 12.6 Å². The highest BCUT2D eigenvalue weighted by atomic mass is 16.5. The number of carbonyl (C=O) groups is 3. The van der Waals surface area contributed by atoms with Crippen LogP contribution in [0.4, 0.5) is 0 Å². The Balaban J connectivity index is 4.33. The maximum absolute atomic E-state index is 12.6. The van der Waals surface area contributed by atoms with Crippen molar-refractivity contribution in [3.8, 4) is 0 Å². The van der Waals surface area contributed by atoms with Crippen molar-refractivity contribution in [1.82, 2.24) is 5.32 Å². The lowest BCUT2D eigenvalue weighted by Crippen LogP contribution is -2.28. The maximum atomic E-state index is 12.6. The van der Waals surface area contributed by atoms with Crippen LogP contribution in [0, 0.1) is 0 Å². The molecule has 6 nitrogen and oxygen atoms in total. The zero-order chi connectivity index (χ0) is 33.8. The van der Waals surface area contributed by atoms with Crippen molar-refractivity contribution in [3.05, 3.63) is 48.6 Å². The van der Waals surface area contributed by atoms with E-state index in [-0.39, 0.29) is 24.5 Å². The summed E-state index contributed by atoms with van der Waals surface area (Å²) in [6.45, 7) is 4.09. The molecule has 46 heavy (non-hydrogen) atoms. The molecule has 0 aliphatic heterocycles. The lowest BCUT2D eigenvalue weighted by molar-refractivity contribution is -0.150. The zero-order valence-corrected chi connectivity index (χ0v) is 29.7. The molecule has 264 valence electrons. The van der Waals surface area contributed by atoms with Gasteiger partial charge in [0.2, 0.25) is 5.91 Å². The number of ether oxygens (including phenoxy) is 1. The summed E-state index contributed by atoms with van der Waals surface area (Å²) in [5.41, 5.74) is 0. The lowest BCUT2D eigenvalue weighted by atomic mass is 10.0. The fourth-order valence-electron chi connectivity index (χ4n) is 5.27. The zero-order valence-electron chi connectivity index (χ0n) is 29.7. The van der Waals surface area contributed by atoms with Crippen LogP contribution in [0.3, 0.4) is 0 Å². The Morgan fingerprint density at radius 3 is 1.61 bits per heavy atom. The fraction of sp³-hybridized carbons (Fsp3) is 0.725. The summed E-state index contributed by atoms with van der Waals surface area (Å²) in [6.07, 6.45) is 43.7. The molecule has 0 aromatic rings. The van der Waals surface area contributed by atoms with Gasteiger partial charge >= 0.3 is 11.9 Å². The number of unbranched alkanes of at least 4 members (excludes halogenated alkanes) is 14. The van der Waals surface area contributed by atoms with E-state index in [9.17, 15) is 14.4 Å². The van der Waals surface area contributed by atoms with Crippen molar-refractivity contribution < 1.29 is 24.2 Å². The molecule has 0 bridgehead atoms. The summed E-state index contributed by atoms with van der Waals surface area (Å²) >= 11 is 0. The van der Waals surface area contributed by atoms with Crippen LogP contribution >= 0.6 is 0 Å². The Hall–Kier alpha value is -2.63. The number of allylic oxidation sites excluding steroid dienone is 8. The molecule has 0 heterocycles. The Morgan fingerprint density at radius 2 is 1.07 bits per heavy atom. The van der Waals surface area contributed by atoms with Gasteiger partial charge in [-0.25, -0.2) is 0 Å². The highest BCUT2D eigenvalue weighted by Crippen LogP contribution is 2.17. The third-order valence-corrected chi connectivity index (χ3v) is 8.02. The summed E-state index contributed by atoms with van der Waals surface area (Å²) in [5.74, 6) is -1.29. The smallest absolute Gasteiger partial charge is 0.322 e. The van der Waals surface area contributed by atoms with Crippen LogP contribution in [0.25, 0.3) is 0 Å². The van der Waals surface area contributed by atoms with E-state index in [1.165, 1.54) is 57.8 Å². The number of carbonyl (C=O) groups excluding carboxylic acids is 2. The average molecular weight is 644 g/mol. The molecule has 0 fully saturated rings. The molecular formula is C40H69NO5. The lowest BCUT2D eigenvalue weighted by Gasteiger charge is -2.17. The van der Waals surface area contributed by atoms with Crippen LogP contribution < -0.4 is 5.32 Å². The molecule has 0 saturated heterocycles. The molecule has 6 heteroatoms. The predicted molar refractivity (Wildman–Crippen MR) is 194 cm³/mol. The molecular weight excluding hydrogens is 574 g/mol. The largest absolute Gasteiger partial charge is 0.480 e. The Morgan fingerprint density at radius 1 is 0.587 bits per heavy atom. The van der Waals surface area contributed by atoms with Crippen LogP contribution in [0.1, 0.15) is 174 Å². The van der Waals surface area contributed by atoms with Crippen molar-refractivity contribution in [2.75, 3.05) is 6.54 Å². The van der Waals surface area contributed by atoms with E-state index < -0.39 is 5.97 Å². The van der Waals surface area contributed by atoms with Gasteiger partial charge in [0.15, 0.2) is 0 Å². The van der Waals surface area contributed by atoms with E-state index >= 15 is 0 Å². The molecule has 1 amide bonds. The van der Waals surface area contributed by atoms with Gasteiger partial charge in [-0.15, -0.1) is 0 Å². The second-order valence-electron chi connectivity index (χ2n) is 12.5. The number of aliphatic carboxylic acids is 1. The highest BCUT2D eigenvalue weighted by Gasteiger charge is 2.14. The van der Waals surface area contributed by atoms with E-state index in [0.29, 0.717) is 12.8 Å². The minimum atomic E-state index is -1.02. The van der Waals surface area contributed by atoms with Crippen molar-refractivity contribution in [1.29, 1.82) is 0 Å². The van der Waals surface area contributed by atoms with E-state index in [0.717, 1.165) is 89.9 Å². The normalized spacial score (nSPS) is 12.6. The number of carboxylic acids is 1. The number of nitrogens with one attached hydrogen (secondary N) is 1. The molecule has 1 unspecified atom stereocenters. The van der Waals surface area contributed by atoms with Crippen LogP contribution in [0.5, 0.6) is 0 Å². The summed E-state index contributed by atoms with van der Waals surface area (Å²) in [7, 11) is 0. The molecule has 0 aliphatic carbocycles. The van der Waals surface area contributed by atoms with Gasteiger partial charge in [0.25, 0.3) is 0 Å². The van der Waals surface area contributed by atoms with Gasteiger partial charge in [0.05, 0.1) is 0 Å². The third kappa shape index (κ3) is 34.2. The van der Waals surface area contributed by atoms with Gasteiger partial charge in [-0.2, -0.15) is 0 Å². The third-order valence-electron chi connectivity index (χ3n) is 8.02. The van der Waals surface area contributed by atoms with Gasteiger partial charge in [-0.05, 0) is 64.2 Å². The molecule has 0 spiro atoms.